The summed E-state index contributed by atoms with van der Waals surface area (Å²) in [6.07, 6.45) is 0. The second-order valence-corrected chi connectivity index (χ2v) is 3.02. The van der Waals surface area contributed by atoms with Gasteiger partial charge in [0.25, 0.3) is 0 Å². The van der Waals surface area contributed by atoms with Crippen LogP contribution in [-0.4, -0.2) is 23.6 Å². The van der Waals surface area contributed by atoms with E-state index in [-0.39, 0.29) is 23.6 Å². The second-order valence-electron chi connectivity index (χ2n) is 3.02. The lowest BCUT2D eigenvalue weighted by Crippen LogP contribution is -2.25. The predicted molar refractivity (Wildman–Crippen MR) is 58.1 cm³/mol. The van der Waals surface area contributed by atoms with Gasteiger partial charge in [-0.15, -0.1) is 0 Å². The van der Waals surface area contributed by atoms with Crippen LogP contribution in [0.3, 0.4) is 0 Å². The average Bonchev–Trinajstić information content (AvgIpc) is 2.32. The normalized spacial score (nSPS) is 9.18. The minimum atomic E-state index is -1.05. The van der Waals surface area contributed by atoms with Crippen LogP contribution >= 0.6 is 0 Å². The number of esters is 1. The van der Waals surface area contributed by atoms with E-state index in [2.05, 4.69) is 10.1 Å². The number of hydrogen-bond donors (Lipinski definition) is 2. The lowest BCUT2D eigenvalue weighted by atomic mass is 10.2. The molecule has 0 aromatic heterocycles. The summed E-state index contributed by atoms with van der Waals surface area (Å²) in [6, 6.07) is 5.73. The summed E-state index contributed by atoms with van der Waals surface area (Å²) >= 11 is 0. The molecule has 0 saturated carbocycles. The van der Waals surface area contributed by atoms with Gasteiger partial charge in [0.1, 0.15) is 5.75 Å². The Balaban J connectivity index is 2.85. The molecule has 0 spiro atoms. The van der Waals surface area contributed by atoms with E-state index in [9.17, 15) is 14.7 Å². The van der Waals surface area contributed by atoms with Gasteiger partial charge in [0.05, 0.1) is 23.9 Å². The molecule has 88 valence electrons. The first kappa shape index (κ1) is 12.5. The Morgan fingerprint density at radius 2 is 2.24 bits per heavy atom. The van der Waals surface area contributed by atoms with Crippen molar-refractivity contribution in [2.75, 3.05) is 11.9 Å². The number of nitrogens with zero attached hydrogens (tertiary/aromatic N) is 1. The Morgan fingerprint density at radius 1 is 1.53 bits per heavy atom. The third-order valence-electron chi connectivity index (χ3n) is 1.83. The third-order valence-corrected chi connectivity index (χ3v) is 1.83. The van der Waals surface area contributed by atoms with Crippen LogP contribution in [0.5, 0.6) is 5.75 Å². The minimum absolute atomic E-state index is 0.0119. The van der Waals surface area contributed by atoms with Gasteiger partial charge in [-0.05, 0) is 25.1 Å². The first-order chi connectivity index (χ1) is 8.08. The van der Waals surface area contributed by atoms with Crippen molar-refractivity contribution >= 4 is 17.6 Å². The SMILES string of the molecule is CCOC(=O)C(=O)Nc1cc(C#N)ccc1O. The molecule has 0 aliphatic rings. The standard InChI is InChI=1S/C11H10N2O4/c1-2-17-11(16)10(15)13-8-5-7(6-12)3-4-9(8)14/h3-5,14H,2H2,1H3,(H,13,15). The zero-order valence-electron chi connectivity index (χ0n) is 9.06. The highest BCUT2D eigenvalue weighted by Crippen LogP contribution is 2.23. The monoisotopic (exact) mass is 234 g/mol. The average molecular weight is 234 g/mol. The summed E-state index contributed by atoms with van der Waals surface area (Å²) in [4.78, 5) is 22.3. The van der Waals surface area contributed by atoms with Crippen molar-refractivity contribution in [1.82, 2.24) is 0 Å². The summed E-state index contributed by atoms with van der Waals surface area (Å²) < 4.78 is 4.47. The highest BCUT2D eigenvalue weighted by molar-refractivity contribution is 6.37. The predicted octanol–water partition coefficient (Wildman–Crippen LogP) is 0.765. The van der Waals surface area contributed by atoms with E-state index in [1.807, 2.05) is 6.07 Å². The summed E-state index contributed by atoms with van der Waals surface area (Å²) in [5, 5.41) is 20.2. The van der Waals surface area contributed by atoms with Crippen LogP contribution in [0.2, 0.25) is 0 Å². The number of nitriles is 1. The number of aromatic hydroxyl groups is 1. The smallest absolute Gasteiger partial charge is 0.397 e. The zero-order chi connectivity index (χ0) is 12.8. The molecule has 1 aromatic carbocycles. The van der Waals surface area contributed by atoms with E-state index in [4.69, 9.17) is 5.26 Å². The maximum Gasteiger partial charge on any atom is 0.397 e. The highest BCUT2D eigenvalue weighted by Gasteiger charge is 2.16. The van der Waals surface area contributed by atoms with E-state index >= 15 is 0 Å². The molecule has 1 aromatic rings. The summed E-state index contributed by atoms with van der Waals surface area (Å²) in [5.74, 6) is -2.28. The molecular formula is C11H10N2O4. The van der Waals surface area contributed by atoms with Gasteiger partial charge in [0, 0.05) is 0 Å². The number of ether oxygens (including phenoxy) is 1. The molecule has 1 amide bonds. The van der Waals surface area contributed by atoms with Gasteiger partial charge < -0.3 is 15.2 Å². The van der Waals surface area contributed by atoms with E-state index in [1.165, 1.54) is 18.2 Å². The Bertz CT molecular complexity index is 491. The van der Waals surface area contributed by atoms with Crippen molar-refractivity contribution in [1.29, 1.82) is 5.26 Å². The fourth-order valence-corrected chi connectivity index (χ4v) is 1.08. The number of anilines is 1. The minimum Gasteiger partial charge on any atom is -0.506 e. The van der Waals surface area contributed by atoms with Crippen LogP contribution in [0.1, 0.15) is 12.5 Å². The highest BCUT2D eigenvalue weighted by atomic mass is 16.5. The van der Waals surface area contributed by atoms with Crippen LogP contribution in [0.15, 0.2) is 18.2 Å². The molecular weight excluding hydrogens is 224 g/mol. The second kappa shape index (κ2) is 5.51. The number of benzene rings is 1. The number of hydrogen-bond acceptors (Lipinski definition) is 5. The molecule has 0 aliphatic carbocycles. The Hall–Kier alpha value is -2.55. The fraction of sp³-hybridized carbons (Fsp3) is 0.182. The van der Waals surface area contributed by atoms with Gasteiger partial charge >= 0.3 is 11.9 Å². The Labute approximate surface area is 97.4 Å². The molecule has 0 radical (unpaired) electrons. The number of rotatable bonds is 2. The molecule has 6 heteroatoms. The first-order valence-corrected chi connectivity index (χ1v) is 4.79. The van der Waals surface area contributed by atoms with Crippen LogP contribution < -0.4 is 5.32 Å². The first-order valence-electron chi connectivity index (χ1n) is 4.79. The van der Waals surface area contributed by atoms with E-state index < -0.39 is 11.9 Å². The lowest BCUT2D eigenvalue weighted by Gasteiger charge is -2.06. The molecule has 6 nitrogen and oxygen atoms in total. The maximum atomic E-state index is 11.3. The number of carbonyl (C=O) groups is 2. The molecule has 0 bridgehead atoms. The molecule has 0 atom stereocenters. The van der Waals surface area contributed by atoms with E-state index in [0.717, 1.165) is 0 Å². The van der Waals surface area contributed by atoms with Crippen molar-refractivity contribution in [3.8, 4) is 11.8 Å². The van der Waals surface area contributed by atoms with Gasteiger partial charge in [-0.25, -0.2) is 4.79 Å². The van der Waals surface area contributed by atoms with E-state index in [0.29, 0.717) is 0 Å². The van der Waals surface area contributed by atoms with Crippen LogP contribution in [0.25, 0.3) is 0 Å². The fourth-order valence-electron chi connectivity index (χ4n) is 1.08. The number of amides is 1. The van der Waals surface area contributed by atoms with Gasteiger partial charge in [0.15, 0.2) is 0 Å². The van der Waals surface area contributed by atoms with Gasteiger partial charge in [-0.2, -0.15) is 5.26 Å². The van der Waals surface area contributed by atoms with Crippen LogP contribution in [0, 0.1) is 11.3 Å². The molecule has 17 heavy (non-hydrogen) atoms. The van der Waals surface area contributed by atoms with Crippen molar-refractivity contribution in [2.24, 2.45) is 0 Å². The third kappa shape index (κ3) is 3.21. The van der Waals surface area contributed by atoms with Crippen molar-refractivity contribution in [2.45, 2.75) is 6.92 Å². The summed E-state index contributed by atoms with van der Waals surface area (Å²) in [5.41, 5.74) is 0.240. The largest absolute Gasteiger partial charge is 0.506 e. The van der Waals surface area contributed by atoms with Gasteiger partial charge in [0.2, 0.25) is 0 Å². The van der Waals surface area contributed by atoms with Crippen molar-refractivity contribution in [3.05, 3.63) is 23.8 Å². The Morgan fingerprint density at radius 3 is 2.82 bits per heavy atom. The lowest BCUT2D eigenvalue weighted by molar-refractivity contribution is -0.152. The zero-order valence-corrected chi connectivity index (χ0v) is 9.06. The van der Waals surface area contributed by atoms with Crippen molar-refractivity contribution in [3.63, 3.8) is 0 Å². The quantitative estimate of drug-likeness (QED) is 0.447. The van der Waals surface area contributed by atoms with Crippen LogP contribution in [0.4, 0.5) is 5.69 Å². The van der Waals surface area contributed by atoms with Crippen molar-refractivity contribution < 1.29 is 19.4 Å². The number of phenols is 1. The number of phenolic OH excluding ortho intramolecular Hbond substituents is 1. The molecule has 0 saturated heterocycles. The number of carbonyl (C=O) groups excluding carboxylic acids is 2. The molecule has 0 aliphatic heterocycles. The maximum absolute atomic E-state index is 11.3. The molecule has 0 fully saturated rings. The van der Waals surface area contributed by atoms with Crippen LogP contribution in [-0.2, 0) is 14.3 Å². The topological polar surface area (TPSA) is 99.4 Å². The van der Waals surface area contributed by atoms with Gasteiger partial charge in [-0.1, -0.05) is 0 Å². The molecule has 1 rings (SSSR count). The van der Waals surface area contributed by atoms with E-state index in [1.54, 1.807) is 6.92 Å². The summed E-state index contributed by atoms with van der Waals surface area (Å²) in [7, 11) is 0. The molecule has 0 heterocycles. The number of nitrogens with one attached hydrogen (secondary N) is 1. The summed E-state index contributed by atoms with van der Waals surface area (Å²) in [6.45, 7) is 1.65. The Kier molecular flexibility index (Phi) is 4.06. The molecule has 0 unspecified atom stereocenters. The van der Waals surface area contributed by atoms with Gasteiger partial charge in [-0.3, -0.25) is 4.79 Å². The molecule has 2 N–H and O–H groups in total.